The monoisotopic (exact) mass is 616 g/mol. The first-order valence-electron chi connectivity index (χ1n) is 12.5. The van der Waals surface area contributed by atoms with Crippen LogP contribution in [0.15, 0.2) is 67.0 Å². The van der Waals surface area contributed by atoms with Crippen molar-refractivity contribution in [3.63, 3.8) is 0 Å². The molecule has 13 heteroatoms. The van der Waals surface area contributed by atoms with E-state index in [0.29, 0.717) is 11.3 Å². The van der Waals surface area contributed by atoms with Crippen LogP contribution in [0.4, 0.5) is 10.5 Å². The number of pyridine rings is 1. The minimum absolute atomic E-state index is 0.0291. The van der Waals surface area contributed by atoms with Crippen LogP contribution in [-0.4, -0.2) is 63.3 Å². The minimum Gasteiger partial charge on any atom is -0.480 e. The quantitative estimate of drug-likeness (QED) is 0.304. The molecule has 3 aromatic rings. The van der Waals surface area contributed by atoms with Gasteiger partial charge < -0.3 is 20.5 Å². The summed E-state index contributed by atoms with van der Waals surface area (Å²) >= 11 is 13.6. The van der Waals surface area contributed by atoms with E-state index in [0.717, 1.165) is 5.56 Å². The van der Waals surface area contributed by atoms with Gasteiger partial charge in [-0.15, -0.1) is 11.8 Å². The molecule has 0 radical (unpaired) electrons. The van der Waals surface area contributed by atoms with Gasteiger partial charge in [-0.25, -0.2) is 9.59 Å². The molecule has 1 fully saturated rings. The number of carbonyl (C=O) groups is 4. The number of benzene rings is 2. The smallest absolute Gasteiger partial charge is 0.411 e. The molecule has 1 unspecified atom stereocenters. The number of thioether (sulfide) groups is 1. The maximum absolute atomic E-state index is 13.3. The Bertz CT molecular complexity index is 1410. The summed E-state index contributed by atoms with van der Waals surface area (Å²) in [7, 11) is 0. The van der Waals surface area contributed by atoms with E-state index in [1.54, 1.807) is 73.9 Å². The predicted octanol–water partition coefficient (Wildman–Crippen LogP) is 5.03. The van der Waals surface area contributed by atoms with E-state index < -0.39 is 41.3 Å². The second-order valence-corrected chi connectivity index (χ2v) is 10.9. The van der Waals surface area contributed by atoms with Crippen LogP contribution in [0.25, 0.3) is 0 Å². The number of rotatable bonds is 9. The zero-order chi connectivity index (χ0) is 29.5. The summed E-state index contributed by atoms with van der Waals surface area (Å²) < 4.78 is 5.20. The van der Waals surface area contributed by atoms with Gasteiger partial charge in [0.2, 0.25) is 5.91 Å². The molecular formula is C28H26Cl2N4O6S. The number of nitrogens with one attached hydrogen (secondary N) is 2. The number of aromatic nitrogens is 1. The van der Waals surface area contributed by atoms with E-state index in [1.807, 2.05) is 0 Å². The lowest BCUT2D eigenvalue weighted by Crippen LogP contribution is -2.52. The van der Waals surface area contributed by atoms with Gasteiger partial charge in [-0.1, -0.05) is 41.4 Å². The van der Waals surface area contributed by atoms with Crippen molar-refractivity contribution in [3.05, 3.63) is 93.7 Å². The Morgan fingerprint density at radius 1 is 1.07 bits per heavy atom. The molecule has 3 atom stereocenters. The van der Waals surface area contributed by atoms with Crippen molar-refractivity contribution in [2.24, 2.45) is 0 Å². The number of nitrogens with zero attached hydrogens (tertiary/aromatic N) is 2. The average Bonchev–Trinajstić information content (AvgIpc) is 3.40. The Morgan fingerprint density at radius 2 is 1.73 bits per heavy atom. The third kappa shape index (κ3) is 7.29. The molecule has 0 spiro atoms. The van der Waals surface area contributed by atoms with Crippen LogP contribution in [0.5, 0.6) is 0 Å². The fourth-order valence-corrected chi connectivity index (χ4v) is 6.24. The maximum atomic E-state index is 13.3. The highest BCUT2D eigenvalue weighted by Crippen LogP contribution is 2.41. The van der Waals surface area contributed by atoms with Gasteiger partial charge in [-0.3, -0.25) is 19.5 Å². The first-order valence-corrected chi connectivity index (χ1v) is 14.3. The molecule has 41 heavy (non-hydrogen) atoms. The normalized spacial score (nSPS) is 17.0. The Labute approximate surface area is 250 Å². The van der Waals surface area contributed by atoms with Crippen LogP contribution in [-0.2, 0) is 20.7 Å². The number of anilines is 1. The van der Waals surface area contributed by atoms with E-state index in [4.69, 9.17) is 27.9 Å². The molecule has 2 heterocycles. The van der Waals surface area contributed by atoms with E-state index in [9.17, 15) is 24.3 Å². The van der Waals surface area contributed by atoms with Gasteiger partial charge in [0.1, 0.15) is 17.5 Å². The van der Waals surface area contributed by atoms with Crippen LogP contribution in [0.2, 0.25) is 10.0 Å². The molecule has 10 nitrogen and oxygen atoms in total. The molecular weight excluding hydrogens is 591 g/mol. The number of ether oxygens (including phenoxy) is 1. The molecule has 0 bridgehead atoms. The number of halogens is 2. The van der Waals surface area contributed by atoms with Gasteiger partial charge in [-0.2, -0.15) is 0 Å². The second kappa shape index (κ2) is 13.7. The molecule has 3 N–H and O–H groups in total. The molecule has 1 aliphatic heterocycles. The molecule has 0 aliphatic carbocycles. The number of carboxylic acids is 1. The Hall–Kier alpha value is -3.80. The van der Waals surface area contributed by atoms with Crippen molar-refractivity contribution >= 4 is 64.5 Å². The van der Waals surface area contributed by atoms with Gasteiger partial charge in [0.25, 0.3) is 5.91 Å². The summed E-state index contributed by atoms with van der Waals surface area (Å²) in [4.78, 5) is 56.2. The lowest BCUT2D eigenvalue weighted by molar-refractivity contribution is -0.142. The SMILES string of the molecule is CCOC(=O)N1C(c2ccncc2)SC[C@@H]1C(=O)N[C@@H](Cc1ccc(NC(=O)c2c(Cl)cccc2Cl)cc1)C(=O)O. The Morgan fingerprint density at radius 3 is 2.34 bits per heavy atom. The minimum atomic E-state index is -1.26. The fraction of sp³-hybridized carbons (Fsp3) is 0.250. The summed E-state index contributed by atoms with van der Waals surface area (Å²) in [6, 6.07) is 12.5. The summed E-state index contributed by atoms with van der Waals surface area (Å²) in [6.45, 7) is 1.79. The van der Waals surface area contributed by atoms with Crippen molar-refractivity contribution in [1.82, 2.24) is 15.2 Å². The number of aliphatic carboxylic acids is 1. The molecule has 1 saturated heterocycles. The third-order valence-corrected chi connectivity index (χ3v) is 8.18. The van der Waals surface area contributed by atoms with E-state index >= 15 is 0 Å². The zero-order valence-electron chi connectivity index (χ0n) is 21.8. The zero-order valence-corrected chi connectivity index (χ0v) is 24.1. The molecule has 2 aromatic carbocycles. The van der Waals surface area contributed by atoms with Crippen LogP contribution in [0, 0.1) is 0 Å². The largest absolute Gasteiger partial charge is 0.480 e. The number of amides is 3. The average molecular weight is 618 g/mol. The summed E-state index contributed by atoms with van der Waals surface area (Å²) in [5, 5.41) is 15.1. The van der Waals surface area contributed by atoms with Crippen molar-refractivity contribution in [2.75, 3.05) is 17.7 Å². The molecule has 0 saturated carbocycles. The summed E-state index contributed by atoms with van der Waals surface area (Å²) in [6.07, 6.45) is 2.49. The fourth-order valence-electron chi connectivity index (χ4n) is 4.25. The Balaban J connectivity index is 1.44. The molecule has 1 aliphatic rings. The van der Waals surface area contributed by atoms with E-state index in [1.165, 1.54) is 16.7 Å². The summed E-state index contributed by atoms with van der Waals surface area (Å²) in [5.74, 6) is -2.07. The lowest BCUT2D eigenvalue weighted by atomic mass is 10.0. The summed E-state index contributed by atoms with van der Waals surface area (Å²) in [5.41, 5.74) is 1.96. The number of hydrogen-bond donors (Lipinski definition) is 3. The van der Waals surface area contributed by atoms with Crippen molar-refractivity contribution in [2.45, 2.75) is 30.8 Å². The topological polar surface area (TPSA) is 138 Å². The standard InChI is InChI=1S/C28H26Cl2N4O6S/c1-2-40-28(39)34-22(15-41-26(34)17-10-12-31-13-11-17)24(35)33-21(27(37)38)14-16-6-8-18(9-7-16)32-25(36)23-19(29)4-3-5-20(23)30/h3-13,21-22,26H,2,14-15H2,1H3,(H,32,36)(H,33,35)(H,37,38)/t21-,22+,26?/m0/s1. The van der Waals surface area contributed by atoms with Gasteiger partial charge in [0.15, 0.2) is 0 Å². The molecule has 4 rings (SSSR count). The van der Waals surface area contributed by atoms with Crippen LogP contribution < -0.4 is 10.6 Å². The molecule has 1 aromatic heterocycles. The van der Waals surface area contributed by atoms with Gasteiger partial charge in [0.05, 0.1) is 22.2 Å². The lowest BCUT2D eigenvalue weighted by Gasteiger charge is -2.28. The molecule has 214 valence electrons. The van der Waals surface area contributed by atoms with Crippen LogP contribution in [0.1, 0.15) is 33.8 Å². The van der Waals surface area contributed by atoms with Crippen LogP contribution >= 0.6 is 35.0 Å². The highest BCUT2D eigenvalue weighted by Gasteiger charge is 2.44. The van der Waals surface area contributed by atoms with Crippen LogP contribution in [0.3, 0.4) is 0 Å². The van der Waals surface area contributed by atoms with Gasteiger partial charge in [0, 0.05) is 30.3 Å². The number of hydrogen-bond acceptors (Lipinski definition) is 7. The first-order chi connectivity index (χ1) is 19.7. The highest BCUT2D eigenvalue weighted by atomic mass is 35.5. The predicted molar refractivity (Wildman–Crippen MR) is 156 cm³/mol. The second-order valence-electron chi connectivity index (χ2n) is 8.94. The van der Waals surface area contributed by atoms with Gasteiger partial charge >= 0.3 is 12.1 Å². The van der Waals surface area contributed by atoms with Crippen molar-refractivity contribution in [3.8, 4) is 0 Å². The first kappa shape index (κ1) is 30.2. The maximum Gasteiger partial charge on any atom is 0.411 e. The third-order valence-electron chi connectivity index (χ3n) is 6.23. The van der Waals surface area contributed by atoms with Gasteiger partial charge in [-0.05, 0) is 54.4 Å². The molecule has 3 amide bonds. The van der Waals surface area contributed by atoms with Crippen molar-refractivity contribution in [1.29, 1.82) is 0 Å². The van der Waals surface area contributed by atoms with E-state index in [-0.39, 0.29) is 34.4 Å². The van der Waals surface area contributed by atoms with E-state index in [2.05, 4.69) is 15.6 Å². The highest BCUT2D eigenvalue weighted by molar-refractivity contribution is 7.99. The van der Waals surface area contributed by atoms with Crippen molar-refractivity contribution < 1.29 is 29.0 Å². The number of carbonyl (C=O) groups excluding carboxylic acids is 3. The number of carboxylic acid groups (broad SMARTS) is 1. The Kier molecular flexibility index (Phi) is 10.1.